The Bertz CT molecular complexity index is 971. The summed E-state index contributed by atoms with van der Waals surface area (Å²) in [6, 6.07) is 14.1. The molecule has 0 unspecified atom stereocenters. The normalized spacial score (nSPS) is 16.8. The molecule has 0 amide bonds. The first-order valence-electron chi connectivity index (χ1n) is 10.1. The molecule has 0 aliphatic carbocycles. The number of nitrogens with zero attached hydrogens (tertiary/aromatic N) is 2. The summed E-state index contributed by atoms with van der Waals surface area (Å²) in [7, 11) is -0.479. The standard InChI is InChI=1S/C21H28N4O4S/c1-24(2)30(26,27)23-18-4-6-19(7-5-18)25-11-9-17(10-12-25)22-14-16-3-8-20-21(13-16)29-15-28-20/h3-8,13,17,22-23H,9-12,14-15H2,1-2H3. The maximum Gasteiger partial charge on any atom is 0.301 e. The molecule has 9 heteroatoms. The lowest BCUT2D eigenvalue weighted by Crippen LogP contribution is -2.42. The maximum absolute atomic E-state index is 11.9. The molecule has 2 heterocycles. The van der Waals surface area contributed by atoms with E-state index in [-0.39, 0.29) is 0 Å². The van der Waals surface area contributed by atoms with Gasteiger partial charge in [0.15, 0.2) is 11.5 Å². The molecule has 0 spiro atoms. The number of piperidine rings is 1. The summed E-state index contributed by atoms with van der Waals surface area (Å²) in [5.74, 6) is 1.63. The van der Waals surface area contributed by atoms with E-state index < -0.39 is 10.2 Å². The Morgan fingerprint density at radius 1 is 1.03 bits per heavy atom. The predicted molar refractivity (Wildman–Crippen MR) is 117 cm³/mol. The van der Waals surface area contributed by atoms with E-state index in [1.807, 2.05) is 24.3 Å². The van der Waals surface area contributed by atoms with Crippen LogP contribution in [-0.2, 0) is 16.8 Å². The molecular formula is C21H28N4O4S. The summed E-state index contributed by atoms with van der Waals surface area (Å²) in [4.78, 5) is 2.34. The molecule has 162 valence electrons. The minimum atomic E-state index is -3.48. The molecule has 2 aliphatic rings. The van der Waals surface area contributed by atoms with Crippen molar-refractivity contribution in [1.82, 2.24) is 9.62 Å². The Kier molecular flexibility index (Phi) is 6.03. The van der Waals surface area contributed by atoms with Gasteiger partial charge in [-0.25, -0.2) is 0 Å². The highest BCUT2D eigenvalue weighted by Gasteiger charge is 2.20. The van der Waals surface area contributed by atoms with Gasteiger partial charge < -0.3 is 19.7 Å². The summed E-state index contributed by atoms with van der Waals surface area (Å²) in [6.07, 6.45) is 2.11. The third kappa shape index (κ3) is 4.80. The quantitative estimate of drug-likeness (QED) is 0.699. The topological polar surface area (TPSA) is 83.1 Å². The summed E-state index contributed by atoms with van der Waals surface area (Å²) in [6.45, 7) is 3.03. The van der Waals surface area contributed by atoms with Crippen LogP contribution in [0, 0.1) is 0 Å². The second-order valence-electron chi connectivity index (χ2n) is 7.77. The van der Waals surface area contributed by atoms with Crippen molar-refractivity contribution in [3.63, 3.8) is 0 Å². The van der Waals surface area contributed by atoms with Gasteiger partial charge in [0.2, 0.25) is 6.79 Å². The van der Waals surface area contributed by atoms with Crippen LogP contribution in [0.1, 0.15) is 18.4 Å². The molecule has 8 nitrogen and oxygen atoms in total. The smallest absolute Gasteiger partial charge is 0.301 e. The SMILES string of the molecule is CN(C)S(=O)(=O)Nc1ccc(N2CCC(NCc3ccc4c(c3)OCO4)CC2)cc1. The summed E-state index contributed by atoms with van der Waals surface area (Å²) in [5, 5.41) is 3.64. The number of rotatable bonds is 7. The molecule has 0 bridgehead atoms. The van der Waals surface area contributed by atoms with Crippen LogP contribution in [0.15, 0.2) is 42.5 Å². The minimum Gasteiger partial charge on any atom is -0.454 e. The number of hydrogen-bond acceptors (Lipinski definition) is 6. The van der Waals surface area contributed by atoms with Gasteiger partial charge in [-0.3, -0.25) is 4.72 Å². The monoisotopic (exact) mass is 432 g/mol. The lowest BCUT2D eigenvalue weighted by atomic mass is 10.0. The molecule has 2 aliphatic heterocycles. The zero-order valence-electron chi connectivity index (χ0n) is 17.3. The van der Waals surface area contributed by atoms with Gasteiger partial charge in [-0.15, -0.1) is 0 Å². The van der Waals surface area contributed by atoms with E-state index in [1.54, 1.807) is 12.1 Å². The van der Waals surface area contributed by atoms with Crippen molar-refractivity contribution in [2.75, 3.05) is 43.6 Å². The second kappa shape index (κ2) is 8.71. The molecule has 0 aromatic heterocycles. The lowest BCUT2D eigenvalue weighted by molar-refractivity contribution is 0.174. The van der Waals surface area contributed by atoms with Gasteiger partial charge in [-0.2, -0.15) is 12.7 Å². The predicted octanol–water partition coefficient (Wildman–Crippen LogP) is 2.39. The molecule has 2 N–H and O–H groups in total. The van der Waals surface area contributed by atoms with Crippen molar-refractivity contribution < 1.29 is 17.9 Å². The van der Waals surface area contributed by atoms with Gasteiger partial charge >= 0.3 is 10.2 Å². The van der Waals surface area contributed by atoms with Crippen LogP contribution < -0.4 is 24.4 Å². The average Bonchev–Trinajstić information content (AvgIpc) is 3.21. The first-order valence-corrected chi connectivity index (χ1v) is 11.5. The van der Waals surface area contributed by atoms with E-state index >= 15 is 0 Å². The van der Waals surface area contributed by atoms with Crippen LogP contribution in [0.3, 0.4) is 0 Å². The van der Waals surface area contributed by atoms with Crippen molar-refractivity contribution in [3.8, 4) is 11.5 Å². The van der Waals surface area contributed by atoms with Gasteiger partial charge in [0.05, 0.1) is 0 Å². The zero-order chi connectivity index (χ0) is 21.1. The largest absolute Gasteiger partial charge is 0.454 e. The van der Waals surface area contributed by atoms with E-state index in [4.69, 9.17) is 9.47 Å². The Morgan fingerprint density at radius 2 is 1.73 bits per heavy atom. The van der Waals surface area contributed by atoms with E-state index in [0.717, 1.165) is 54.0 Å². The van der Waals surface area contributed by atoms with Crippen molar-refractivity contribution >= 4 is 21.6 Å². The van der Waals surface area contributed by atoms with E-state index in [1.165, 1.54) is 19.7 Å². The fourth-order valence-corrected chi connectivity index (χ4v) is 4.25. The highest BCUT2D eigenvalue weighted by Crippen LogP contribution is 2.32. The number of benzene rings is 2. The van der Waals surface area contributed by atoms with Gasteiger partial charge in [0, 0.05) is 51.1 Å². The molecule has 0 saturated carbocycles. The molecule has 2 aromatic rings. The second-order valence-corrected chi connectivity index (χ2v) is 9.65. The van der Waals surface area contributed by atoms with Gasteiger partial charge in [0.1, 0.15) is 0 Å². The Labute approximate surface area is 178 Å². The Hall–Kier alpha value is -2.49. The molecule has 1 fully saturated rings. The molecule has 0 atom stereocenters. The van der Waals surface area contributed by atoms with Crippen LogP contribution in [0.2, 0.25) is 0 Å². The summed E-state index contributed by atoms with van der Waals surface area (Å²) < 4.78 is 38.4. The molecule has 4 rings (SSSR count). The molecule has 1 saturated heterocycles. The van der Waals surface area contributed by atoms with Crippen molar-refractivity contribution in [3.05, 3.63) is 48.0 Å². The fourth-order valence-electron chi connectivity index (χ4n) is 3.64. The summed E-state index contributed by atoms with van der Waals surface area (Å²) >= 11 is 0. The highest BCUT2D eigenvalue weighted by atomic mass is 32.2. The Balaban J connectivity index is 1.26. The first kappa shape index (κ1) is 20.8. The van der Waals surface area contributed by atoms with Crippen LogP contribution in [-0.4, -0.2) is 52.7 Å². The Morgan fingerprint density at radius 3 is 2.43 bits per heavy atom. The maximum atomic E-state index is 11.9. The third-order valence-electron chi connectivity index (χ3n) is 5.49. The molecule has 0 radical (unpaired) electrons. The number of fused-ring (bicyclic) bond motifs is 1. The first-order chi connectivity index (χ1) is 14.4. The molecule has 30 heavy (non-hydrogen) atoms. The highest BCUT2D eigenvalue weighted by molar-refractivity contribution is 7.90. The van der Waals surface area contributed by atoms with Gasteiger partial charge in [0.25, 0.3) is 0 Å². The van der Waals surface area contributed by atoms with Crippen molar-refractivity contribution in [2.45, 2.75) is 25.4 Å². The third-order valence-corrected chi connectivity index (χ3v) is 6.94. The molecule has 2 aromatic carbocycles. The van der Waals surface area contributed by atoms with E-state index in [2.05, 4.69) is 21.0 Å². The van der Waals surface area contributed by atoms with Crippen molar-refractivity contribution in [2.24, 2.45) is 0 Å². The number of nitrogens with one attached hydrogen (secondary N) is 2. The van der Waals surface area contributed by atoms with E-state index in [0.29, 0.717) is 18.5 Å². The average molecular weight is 433 g/mol. The van der Waals surface area contributed by atoms with Crippen LogP contribution >= 0.6 is 0 Å². The minimum absolute atomic E-state index is 0.299. The molecular weight excluding hydrogens is 404 g/mol. The fraction of sp³-hybridized carbons (Fsp3) is 0.429. The van der Waals surface area contributed by atoms with Crippen LogP contribution in [0.4, 0.5) is 11.4 Å². The van der Waals surface area contributed by atoms with Gasteiger partial charge in [-0.1, -0.05) is 6.07 Å². The van der Waals surface area contributed by atoms with Gasteiger partial charge in [-0.05, 0) is 54.8 Å². The number of hydrogen-bond donors (Lipinski definition) is 2. The lowest BCUT2D eigenvalue weighted by Gasteiger charge is -2.34. The number of anilines is 2. The van der Waals surface area contributed by atoms with Crippen LogP contribution in [0.25, 0.3) is 0 Å². The number of ether oxygens (including phenoxy) is 2. The zero-order valence-corrected chi connectivity index (χ0v) is 18.1. The van der Waals surface area contributed by atoms with Crippen LogP contribution in [0.5, 0.6) is 11.5 Å². The summed E-state index contributed by atoms with van der Waals surface area (Å²) in [5.41, 5.74) is 2.86. The van der Waals surface area contributed by atoms with Crippen molar-refractivity contribution in [1.29, 1.82) is 0 Å². The van der Waals surface area contributed by atoms with E-state index in [9.17, 15) is 8.42 Å².